The highest BCUT2D eigenvalue weighted by molar-refractivity contribution is 5.94. The zero-order valence-corrected chi connectivity index (χ0v) is 13.5. The Labute approximate surface area is 139 Å². The van der Waals surface area contributed by atoms with E-state index in [0.29, 0.717) is 17.1 Å². The maximum absolute atomic E-state index is 12.0. The Balaban J connectivity index is 2.00. The number of methoxy groups -OCH3 is 1. The number of anilines is 2. The van der Waals surface area contributed by atoms with E-state index in [1.165, 1.54) is 30.9 Å². The van der Waals surface area contributed by atoms with Gasteiger partial charge in [-0.25, -0.2) is 0 Å². The molecule has 0 bridgehead atoms. The minimum Gasteiger partial charge on any atom is -0.495 e. The first-order valence-electron chi connectivity index (χ1n) is 7.48. The lowest BCUT2D eigenvalue weighted by Gasteiger charge is -2.11. The van der Waals surface area contributed by atoms with Gasteiger partial charge >= 0.3 is 0 Å². The topological polar surface area (TPSA) is 93.5 Å². The minimum atomic E-state index is -0.500. The third-order valence-corrected chi connectivity index (χ3v) is 3.48. The van der Waals surface area contributed by atoms with Crippen LogP contribution in [0, 0.1) is 10.1 Å². The number of carbonyl (C=O) groups excluding carboxylic acids is 1. The molecule has 7 heteroatoms. The summed E-state index contributed by atoms with van der Waals surface area (Å²) in [6.07, 6.45) is 0.933. The summed E-state index contributed by atoms with van der Waals surface area (Å²) in [5, 5.41) is 16.5. The van der Waals surface area contributed by atoms with Gasteiger partial charge in [-0.15, -0.1) is 0 Å². The van der Waals surface area contributed by atoms with Crippen LogP contribution in [0.2, 0.25) is 0 Å². The number of rotatable bonds is 7. The molecular weight excluding hydrogens is 310 g/mol. The van der Waals surface area contributed by atoms with Crippen molar-refractivity contribution in [3.63, 3.8) is 0 Å². The van der Waals surface area contributed by atoms with Gasteiger partial charge in [-0.3, -0.25) is 14.9 Å². The molecule has 0 unspecified atom stereocenters. The van der Waals surface area contributed by atoms with Crippen LogP contribution < -0.4 is 15.4 Å². The SMILES string of the molecule is CCc1ccc(NC(=O)CNc2cc([N+](=O)[O-])ccc2OC)cc1. The number of ether oxygens (including phenoxy) is 1. The standard InChI is InChI=1S/C17H19N3O4/c1-3-12-4-6-13(7-5-12)19-17(21)11-18-15-10-14(20(22)23)8-9-16(15)24-2/h4-10,18H,3,11H2,1-2H3,(H,19,21). The smallest absolute Gasteiger partial charge is 0.271 e. The summed E-state index contributed by atoms with van der Waals surface area (Å²) in [6.45, 7) is 2.02. The van der Waals surface area contributed by atoms with Crippen molar-refractivity contribution < 1.29 is 14.5 Å². The van der Waals surface area contributed by atoms with Crippen molar-refractivity contribution in [2.45, 2.75) is 13.3 Å². The van der Waals surface area contributed by atoms with Crippen LogP contribution in [0.4, 0.5) is 17.1 Å². The van der Waals surface area contributed by atoms with E-state index in [1.54, 1.807) is 0 Å². The molecule has 0 aliphatic heterocycles. The van der Waals surface area contributed by atoms with Gasteiger partial charge in [0.05, 0.1) is 24.3 Å². The van der Waals surface area contributed by atoms with Crippen molar-refractivity contribution in [3.8, 4) is 5.75 Å². The van der Waals surface area contributed by atoms with Gasteiger partial charge in [0, 0.05) is 17.8 Å². The Kier molecular flexibility index (Phi) is 5.73. The molecule has 1 amide bonds. The van der Waals surface area contributed by atoms with Crippen molar-refractivity contribution in [1.82, 2.24) is 0 Å². The molecule has 0 aliphatic carbocycles. The molecule has 0 heterocycles. The van der Waals surface area contributed by atoms with Gasteiger partial charge in [-0.2, -0.15) is 0 Å². The largest absolute Gasteiger partial charge is 0.495 e. The molecule has 24 heavy (non-hydrogen) atoms. The van der Waals surface area contributed by atoms with Crippen molar-refractivity contribution in [2.75, 3.05) is 24.3 Å². The second-order valence-corrected chi connectivity index (χ2v) is 5.09. The van der Waals surface area contributed by atoms with Gasteiger partial charge in [0.25, 0.3) is 5.69 Å². The lowest BCUT2D eigenvalue weighted by atomic mass is 10.1. The number of nitrogens with one attached hydrogen (secondary N) is 2. The molecule has 2 aromatic carbocycles. The first-order chi connectivity index (χ1) is 11.5. The molecular formula is C17H19N3O4. The van der Waals surface area contributed by atoms with Crippen molar-refractivity contribution >= 4 is 23.0 Å². The quantitative estimate of drug-likeness (QED) is 0.601. The number of carbonyl (C=O) groups is 1. The van der Waals surface area contributed by atoms with Crippen LogP contribution in [0.25, 0.3) is 0 Å². The molecule has 7 nitrogen and oxygen atoms in total. The monoisotopic (exact) mass is 329 g/mol. The average Bonchev–Trinajstić information content (AvgIpc) is 2.60. The van der Waals surface area contributed by atoms with Gasteiger partial charge in [0.15, 0.2) is 0 Å². The molecule has 0 fully saturated rings. The number of aryl methyl sites for hydroxylation is 1. The summed E-state index contributed by atoms with van der Waals surface area (Å²) in [6, 6.07) is 11.7. The molecule has 0 radical (unpaired) electrons. The van der Waals surface area contributed by atoms with Gasteiger partial charge < -0.3 is 15.4 Å². The lowest BCUT2D eigenvalue weighted by Crippen LogP contribution is -2.22. The van der Waals surface area contributed by atoms with E-state index in [0.717, 1.165) is 6.42 Å². The second-order valence-electron chi connectivity index (χ2n) is 5.09. The first kappa shape index (κ1) is 17.3. The van der Waals surface area contributed by atoms with Crippen molar-refractivity contribution in [1.29, 1.82) is 0 Å². The third kappa shape index (κ3) is 4.45. The second kappa shape index (κ2) is 7.96. The number of benzene rings is 2. The lowest BCUT2D eigenvalue weighted by molar-refractivity contribution is -0.384. The fourth-order valence-electron chi connectivity index (χ4n) is 2.15. The summed E-state index contributed by atoms with van der Waals surface area (Å²) < 4.78 is 5.14. The van der Waals surface area contributed by atoms with E-state index in [9.17, 15) is 14.9 Å². The van der Waals surface area contributed by atoms with E-state index in [2.05, 4.69) is 17.6 Å². The van der Waals surface area contributed by atoms with Crippen LogP contribution in [0.1, 0.15) is 12.5 Å². The van der Waals surface area contributed by atoms with Crippen LogP contribution in [-0.2, 0) is 11.2 Å². The number of nitro groups is 1. The molecule has 0 atom stereocenters. The van der Waals surface area contributed by atoms with Crippen LogP contribution in [-0.4, -0.2) is 24.5 Å². The van der Waals surface area contributed by atoms with Crippen LogP contribution in [0.5, 0.6) is 5.75 Å². The van der Waals surface area contributed by atoms with E-state index in [-0.39, 0.29) is 18.1 Å². The van der Waals surface area contributed by atoms with Crippen LogP contribution >= 0.6 is 0 Å². The summed E-state index contributed by atoms with van der Waals surface area (Å²) in [4.78, 5) is 22.4. The maximum atomic E-state index is 12.0. The summed E-state index contributed by atoms with van der Waals surface area (Å²) >= 11 is 0. The zero-order valence-electron chi connectivity index (χ0n) is 13.5. The normalized spacial score (nSPS) is 10.1. The number of hydrogen-bond acceptors (Lipinski definition) is 5. The van der Waals surface area contributed by atoms with Crippen molar-refractivity contribution in [3.05, 3.63) is 58.1 Å². The van der Waals surface area contributed by atoms with Gasteiger partial charge in [-0.05, 0) is 30.2 Å². The third-order valence-electron chi connectivity index (χ3n) is 3.48. The molecule has 0 spiro atoms. The molecule has 0 aliphatic rings. The fourth-order valence-corrected chi connectivity index (χ4v) is 2.15. The highest BCUT2D eigenvalue weighted by Gasteiger charge is 2.12. The Morgan fingerprint density at radius 1 is 1.21 bits per heavy atom. The highest BCUT2D eigenvalue weighted by atomic mass is 16.6. The Morgan fingerprint density at radius 3 is 2.50 bits per heavy atom. The summed E-state index contributed by atoms with van der Waals surface area (Å²) in [5.74, 6) is 0.175. The number of amides is 1. The molecule has 126 valence electrons. The number of hydrogen-bond donors (Lipinski definition) is 2. The predicted octanol–water partition coefficient (Wildman–Crippen LogP) is 3.22. The minimum absolute atomic E-state index is 0.0347. The van der Waals surface area contributed by atoms with E-state index in [1.807, 2.05) is 24.3 Å². The molecule has 2 N–H and O–H groups in total. The van der Waals surface area contributed by atoms with Gasteiger partial charge in [-0.1, -0.05) is 19.1 Å². The highest BCUT2D eigenvalue weighted by Crippen LogP contribution is 2.28. The molecule has 0 saturated carbocycles. The van der Waals surface area contributed by atoms with E-state index in [4.69, 9.17) is 4.74 Å². The summed E-state index contributed by atoms with van der Waals surface area (Å²) in [7, 11) is 1.46. The number of nitrogens with zero attached hydrogens (tertiary/aromatic N) is 1. The number of non-ortho nitro benzene ring substituents is 1. The Morgan fingerprint density at radius 2 is 1.92 bits per heavy atom. The molecule has 2 rings (SSSR count). The maximum Gasteiger partial charge on any atom is 0.271 e. The van der Waals surface area contributed by atoms with Gasteiger partial charge in [0.2, 0.25) is 5.91 Å². The van der Waals surface area contributed by atoms with Crippen LogP contribution in [0.15, 0.2) is 42.5 Å². The number of nitro benzene ring substituents is 1. The summed E-state index contributed by atoms with van der Waals surface area (Å²) in [5.41, 5.74) is 2.20. The molecule has 0 aromatic heterocycles. The first-order valence-corrected chi connectivity index (χ1v) is 7.48. The van der Waals surface area contributed by atoms with Gasteiger partial charge in [0.1, 0.15) is 5.75 Å². The van der Waals surface area contributed by atoms with E-state index < -0.39 is 4.92 Å². The Bertz CT molecular complexity index is 729. The average molecular weight is 329 g/mol. The van der Waals surface area contributed by atoms with Crippen molar-refractivity contribution in [2.24, 2.45) is 0 Å². The van der Waals surface area contributed by atoms with E-state index >= 15 is 0 Å². The molecule has 2 aromatic rings. The molecule has 0 saturated heterocycles. The fraction of sp³-hybridized carbons (Fsp3) is 0.235. The zero-order chi connectivity index (χ0) is 17.5. The van der Waals surface area contributed by atoms with Crippen LogP contribution in [0.3, 0.4) is 0 Å². The Hall–Kier alpha value is -3.09. The predicted molar refractivity (Wildman–Crippen MR) is 92.6 cm³/mol.